The molecule has 34 heavy (non-hydrogen) atoms. The molecule has 0 aliphatic heterocycles. The zero-order valence-corrected chi connectivity index (χ0v) is 21.3. The number of methoxy groups -OCH3 is 2. The molecule has 3 heteroatoms. The van der Waals surface area contributed by atoms with Gasteiger partial charge in [-0.25, -0.2) is 0 Å². The molecule has 0 saturated carbocycles. The second-order valence-electron chi connectivity index (χ2n) is 9.26. The number of carbonyl (C=O) groups is 1. The van der Waals surface area contributed by atoms with E-state index < -0.39 is 0 Å². The van der Waals surface area contributed by atoms with Crippen LogP contribution in [0, 0.1) is 41.5 Å². The van der Waals surface area contributed by atoms with Gasteiger partial charge < -0.3 is 9.47 Å². The lowest BCUT2D eigenvalue weighted by Crippen LogP contribution is -2.10. The second kappa shape index (κ2) is 8.98. The van der Waals surface area contributed by atoms with Crippen molar-refractivity contribution in [1.29, 1.82) is 0 Å². The van der Waals surface area contributed by atoms with Crippen molar-refractivity contribution in [1.82, 2.24) is 0 Å². The molecule has 4 aromatic carbocycles. The van der Waals surface area contributed by atoms with Crippen LogP contribution in [0.25, 0.3) is 21.9 Å². The standard InChI is InChI=1S/C31H32O3/c1-17-13-19(3)26(20(4)14-17)29-24(33-7)11-9-23-10-12-25(34-8)30(28(23)29)31(32)27-21(5)15-18(2)16-22(27)6/h9-16H,1-8H3. The van der Waals surface area contributed by atoms with E-state index in [0.717, 1.165) is 61.0 Å². The summed E-state index contributed by atoms with van der Waals surface area (Å²) in [6.45, 7) is 12.4. The van der Waals surface area contributed by atoms with Crippen molar-refractivity contribution in [2.75, 3.05) is 14.2 Å². The van der Waals surface area contributed by atoms with Gasteiger partial charge in [0, 0.05) is 16.5 Å². The Labute approximate surface area is 202 Å². The van der Waals surface area contributed by atoms with E-state index in [9.17, 15) is 4.79 Å². The molecule has 4 aromatic rings. The fourth-order valence-corrected chi connectivity index (χ4v) is 5.43. The van der Waals surface area contributed by atoms with Crippen LogP contribution < -0.4 is 9.47 Å². The van der Waals surface area contributed by atoms with Gasteiger partial charge in [0.05, 0.1) is 19.8 Å². The number of aryl methyl sites for hydroxylation is 6. The van der Waals surface area contributed by atoms with E-state index in [1.165, 1.54) is 5.56 Å². The Balaban J connectivity index is 2.19. The fraction of sp³-hybridized carbons (Fsp3) is 0.258. The first kappa shape index (κ1) is 23.6. The van der Waals surface area contributed by atoms with Crippen LogP contribution in [-0.4, -0.2) is 20.0 Å². The van der Waals surface area contributed by atoms with E-state index in [4.69, 9.17) is 9.47 Å². The lowest BCUT2D eigenvalue weighted by molar-refractivity contribution is 0.103. The number of rotatable bonds is 5. The lowest BCUT2D eigenvalue weighted by Gasteiger charge is -2.21. The molecule has 0 N–H and O–H groups in total. The van der Waals surface area contributed by atoms with Gasteiger partial charge in [-0.15, -0.1) is 0 Å². The molecule has 0 aliphatic carbocycles. The van der Waals surface area contributed by atoms with Gasteiger partial charge in [-0.3, -0.25) is 4.79 Å². The minimum atomic E-state index is -0.0330. The first-order valence-electron chi connectivity index (χ1n) is 11.6. The Morgan fingerprint density at radius 1 is 0.588 bits per heavy atom. The van der Waals surface area contributed by atoms with Crippen molar-refractivity contribution >= 4 is 16.6 Å². The molecule has 0 fully saturated rings. The van der Waals surface area contributed by atoms with Crippen LogP contribution in [0.3, 0.4) is 0 Å². The number of carbonyl (C=O) groups excluding carboxylic acids is 1. The number of benzene rings is 4. The molecular formula is C31H32O3. The summed E-state index contributed by atoms with van der Waals surface area (Å²) in [5.74, 6) is 1.27. The van der Waals surface area contributed by atoms with E-state index >= 15 is 0 Å². The van der Waals surface area contributed by atoms with E-state index in [2.05, 4.69) is 52.0 Å². The van der Waals surface area contributed by atoms with Gasteiger partial charge in [0.25, 0.3) is 0 Å². The summed E-state index contributed by atoms with van der Waals surface area (Å²) in [6.07, 6.45) is 0. The second-order valence-corrected chi connectivity index (χ2v) is 9.26. The summed E-state index contributed by atoms with van der Waals surface area (Å²) >= 11 is 0. The van der Waals surface area contributed by atoms with Crippen molar-refractivity contribution in [3.8, 4) is 22.6 Å². The van der Waals surface area contributed by atoms with Crippen molar-refractivity contribution in [2.24, 2.45) is 0 Å². The Kier molecular flexibility index (Phi) is 6.22. The highest BCUT2D eigenvalue weighted by Gasteiger charge is 2.26. The zero-order chi connectivity index (χ0) is 24.7. The normalized spacial score (nSPS) is 11.1. The average Bonchev–Trinajstić information content (AvgIpc) is 2.76. The number of hydrogen-bond acceptors (Lipinski definition) is 3. The third-order valence-electron chi connectivity index (χ3n) is 6.61. The Morgan fingerprint density at radius 3 is 1.56 bits per heavy atom. The number of ether oxygens (including phenoxy) is 2. The van der Waals surface area contributed by atoms with Gasteiger partial charge in [-0.2, -0.15) is 0 Å². The van der Waals surface area contributed by atoms with Crippen LogP contribution in [0.5, 0.6) is 11.5 Å². The molecular weight excluding hydrogens is 420 g/mol. The van der Waals surface area contributed by atoms with Crippen molar-refractivity contribution in [2.45, 2.75) is 41.5 Å². The summed E-state index contributed by atoms with van der Waals surface area (Å²) in [7, 11) is 3.30. The predicted octanol–water partition coefficient (Wildman–Crippen LogP) is 7.61. The maximum absolute atomic E-state index is 14.3. The Morgan fingerprint density at radius 2 is 1.06 bits per heavy atom. The largest absolute Gasteiger partial charge is 0.496 e. The van der Waals surface area contributed by atoms with E-state index in [-0.39, 0.29) is 5.78 Å². The molecule has 0 amide bonds. The molecule has 0 atom stereocenters. The minimum Gasteiger partial charge on any atom is -0.496 e. The summed E-state index contributed by atoms with van der Waals surface area (Å²) in [5.41, 5.74) is 9.89. The molecule has 0 radical (unpaired) electrons. The summed E-state index contributed by atoms with van der Waals surface area (Å²) in [5, 5.41) is 1.83. The quantitative estimate of drug-likeness (QED) is 0.292. The SMILES string of the molecule is COc1ccc2ccc(OC)c(-c3c(C)cc(C)cc3C)c2c1C(=O)c1c(C)cc(C)cc1C. The fourth-order valence-electron chi connectivity index (χ4n) is 5.43. The summed E-state index contributed by atoms with van der Waals surface area (Å²) in [6, 6.07) is 16.4. The van der Waals surface area contributed by atoms with Crippen LogP contribution in [0.4, 0.5) is 0 Å². The lowest BCUT2D eigenvalue weighted by atomic mass is 9.84. The van der Waals surface area contributed by atoms with Crippen LogP contribution >= 0.6 is 0 Å². The maximum Gasteiger partial charge on any atom is 0.197 e. The molecule has 0 heterocycles. The van der Waals surface area contributed by atoms with Crippen molar-refractivity contribution in [3.05, 3.63) is 93.0 Å². The number of hydrogen-bond donors (Lipinski definition) is 0. The maximum atomic E-state index is 14.3. The summed E-state index contributed by atoms with van der Waals surface area (Å²) in [4.78, 5) is 14.3. The van der Waals surface area contributed by atoms with E-state index in [0.29, 0.717) is 11.3 Å². The highest BCUT2D eigenvalue weighted by molar-refractivity contribution is 6.23. The van der Waals surface area contributed by atoms with Crippen LogP contribution in [0.2, 0.25) is 0 Å². The van der Waals surface area contributed by atoms with Gasteiger partial charge in [-0.1, -0.05) is 47.5 Å². The van der Waals surface area contributed by atoms with Crippen molar-refractivity contribution in [3.63, 3.8) is 0 Å². The molecule has 4 rings (SSSR count). The van der Waals surface area contributed by atoms with Crippen LogP contribution in [0.15, 0.2) is 48.5 Å². The van der Waals surface area contributed by atoms with Gasteiger partial charge in [0.1, 0.15) is 11.5 Å². The Bertz CT molecular complexity index is 1390. The molecule has 0 saturated heterocycles. The highest BCUT2D eigenvalue weighted by Crippen LogP contribution is 2.45. The first-order chi connectivity index (χ1) is 16.2. The van der Waals surface area contributed by atoms with Crippen molar-refractivity contribution < 1.29 is 14.3 Å². The zero-order valence-electron chi connectivity index (χ0n) is 21.3. The van der Waals surface area contributed by atoms with Crippen LogP contribution in [0.1, 0.15) is 49.3 Å². The molecule has 3 nitrogen and oxygen atoms in total. The average molecular weight is 453 g/mol. The Hall–Kier alpha value is -3.59. The first-order valence-corrected chi connectivity index (χ1v) is 11.6. The predicted molar refractivity (Wildman–Crippen MR) is 141 cm³/mol. The minimum absolute atomic E-state index is 0.0330. The molecule has 0 aliphatic rings. The monoisotopic (exact) mass is 452 g/mol. The van der Waals surface area contributed by atoms with Gasteiger partial charge in [0.2, 0.25) is 0 Å². The topological polar surface area (TPSA) is 35.5 Å². The van der Waals surface area contributed by atoms with E-state index in [1.807, 2.05) is 38.1 Å². The third-order valence-corrected chi connectivity index (χ3v) is 6.61. The molecule has 174 valence electrons. The van der Waals surface area contributed by atoms with E-state index in [1.54, 1.807) is 14.2 Å². The van der Waals surface area contributed by atoms with Crippen LogP contribution in [-0.2, 0) is 0 Å². The molecule has 0 bridgehead atoms. The molecule has 0 unspecified atom stereocenters. The molecule has 0 spiro atoms. The summed E-state index contributed by atoms with van der Waals surface area (Å²) < 4.78 is 11.7. The molecule has 0 aromatic heterocycles. The smallest absolute Gasteiger partial charge is 0.197 e. The number of ketones is 1. The third kappa shape index (κ3) is 3.86. The van der Waals surface area contributed by atoms with Gasteiger partial charge in [-0.05, 0) is 86.9 Å². The van der Waals surface area contributed by atoms with Gasteiger partial charge in [0.15, 0.2) is 5.78 Å². The highest BCUT2D eigenvalue weighted by atomic mass is 16.5. The number of fused-ring (bicyclic) bond motifs is 1. The van der Waals surface area contributed by atoms with Gasteiger partial charge >= 0.3 is 0 Å².